The maximum absolute atomic E-state index is 12.2. The molecule has 0 saturated carbocycles. The van der Waals surface area contributed by atoms with Crippen molar-refractivity contribution in [3.8, 4) is 5.75 Å². The molecule has 0 spiro atoms. The van der Waals surface area contributed by atoms with Gasteiger partial charge in [0.05, 0.1) is 0 Å². The van der Waals surface area contributed by atoms with Crippen molar-refractivity contribution in [2.24, 2.45) is 0 Å². The molecule has 0 saturated heterocycles. The minimum absolute atomic E-state index is 0.199. The number of aryl methyl sites for hydroxylation is 2. The minimum Gasteiger partial charge on any atom is -0.443 e. The second-order valence-electron chi connectivity index (χ2n) is 6.99. The van der Waals surface area contributed by atoms with Crippen LogP contribution in [0.15, 0.2) is 104 Å². The Bertz CT molecular complexity index is 1100. The summed E-state index contributed by atoms with van der Waals surface area (Å²) in [5.41, 5.74) is 2.49. The topological polar surface area (TPSA) is 39.4 Å². The van der Waals surface area contributed by atoms with Gasteiger partial charge >= 0.3 is 5.97 Å². The molecule has 5 heteroatoms. The summed E-state index contributed by atoms with van der Waals surface area (Å²) in [6, 6.07) is 28.5. The molecule has 4 aromatic rings. The lowest BCUT2D eigenvalue weighted by Gasteiger charge is -2.24. The van der Waals surface area contributed by atoms with Crippen molar-refractivity contribution >= 4 is 39.5 Å². The van der Waals surface area contributed by atoms with Crippen LogP contribution < -0.4 is 4.74 Å². The normalized spacial score (nSPS) is 11.2. The molecule has 0 aliphatic carbocycles. The van der Waals surface area contributed by atoms with Crippen LogP contribution in [0.2, 0.25) is 0 Å². The molecular formula is C25H21IO3S. The highest BCUT2D eigenvalue weighted by atomic mass is 127. The Morgan fingerprint density at radius 2 is 1.20 bits per heavy atom. The third kappa shape index (κ3) is 4.79. The molecule has 0 aliphatic rings. The third-order valence-electron chi connectivity index (χ3n) is 4.66. The van der Waals surface area contributed by atoms with Crippen molar-refractivity contribution in [3.05, 3.63) is 106 Å². The van der Waals surface area contributed by atoms with E-state index in [1.165, 1.54) is 25.8 Å². The van der Waals surface area contributed by atoms with E-state index in [0.717, 1.165) is 0 Å². The van der Waals surface area contributed by atoms with E-state index in [2.05, 4.69) is 62.4 Å². The first-order chi connectivity index (χ1) is 14.5. The molecule has 152 valence electrons. The first kappa shape index (κ1) is 20.8. The maximum atomic E-state index is 12.2. The van der Waals surface area contributed by atoms with E-state index >= 15 is 0 Å². The molecular weight excluding hydrogens is 507 g/mol. The first-order valence-corrected chi connectivity index (χ1v) is 11.9. The van der Waals surface area contributed by atoms with Crippen LogP contribution in [0, 0.1) is 17.6 Å². The van der Waals surface area contributed by atoms with E-state index < -0.39 is 16.9 Å². The number of benzene rings is 3. The highest BCUT2D eigenvalue weighted by Crippen LogP contribution is 2.51. The van der Waals surface area contributed by atoms with Gasteiger partial charge in [-0.2, -0.15) is 10.9 Å². The van der Waals surface area contributed by atoms with E-state index in [-0.39, 0.29) is 5.76 Å². The predicted molar refractivity (Wildman–Crippen MR) is 129 cm³/mol. The molecule has 30 heavy (non-hydrogen) atoms. The summed E-state index contributed by atoms with van der Waals surface area (Å²) in [5.74, 6) is 0.202. The first-order valence-electron chi connectivity index (χ1n) is 9.51. The van der Waals surface area contributed by atoms with Crippen molar-refractivity contribution in [2.75, 3.05) is 0 Å². The van der Waals surface area contributed by atoms with Crippen LogP contribution in [0.5, 0.6) is 5.75 Å². The van der Waals surface area contributed by atoms with Crippen LogP contribution >= 0.6 is 33.5 Å². The Kier molecular flexibility index (Phi) is 6.29. The summed E-state index contributed by atoms with van der Waals surface area (Å²) in [4.78, 5) is 16.0. The zero-order chi connectivity index (χ0) is 21.1. The molecule has 0 bridgehead atoms. The molecule has 4 rings (SSSR count). The highest BCUT2D eigenvalue weighted by molar-refractivity contribution is 14.1. The zero-order valence-electron chi connectivity index (χ0n) is 16.6. The lowest BCUT2D eigenvalue weighted by atomic mass is 10.2. The van der Waals surface area contributed by atoms with E-state index in [0.29, 0.717) is 9.52 Å². The number of furan rings is 1. The van der Waals surface area contributed by atoms with Gasteiger partial charge in [-0.1, -0.05) is 35.4 Å². The monoisotopic (exact) mass is 528 g/mol. The summed E-state index contributed by atoms with van der Waals surface area (Å²) in [6.07, 6.45) is 0. The quantitative estimate of drug-likeness (QED) is 0.129. The van der Waals surface area contributed by atoms with Crippen molar-refractivity contribution in [2.45, 2.75) is 28.5 Å². The molecule has 0 unspecified atom stereocenters. The molecule has 3 nitrogen and oxygen atoms in total. The maximum Gasteiger partial charge on any atom is 0.379 e. The second-order valence-corrected chi connectivity index (χ2v) is 10.3. The van der Waals surface area contributed by atoms with Gasteiger partial charge in [0.15, 0.2) is 3.77 Å². The summed E-state index contributed by atoms with van der Waals surface area (Å²) < 4.78 is 11.4. The van der Waals surface area contributed by atoms with Gasteiger partial charge in [-0.05, 0) is 112 Å². The van der Waals surface area contributed by atoms with Gasteiger partial charge in [-0.15, -0.1) is 0 Å². The molecule has 0 radical (unpaired) electrons. The second kappa shape index (κ2) is 9.10. The fourth-order valence-electron chi connectivity index (χ4n) is 3.08. The summed E-state index contributed by atoms with van der Waals surface area (Å²) in [6.45, 7) is 4.20. The lowest BCUT2D eigenvalue weighted by Crippen LogP contribution is -2.07. The fraction of sp³-hybridized carbons (Fsp3) is 0.0800. The zero-order valence-corrected chi connectivity index (χ0v) is 19.7. The fourth-order valence-corrected chi connectivity index (χ4v) is 5.73. The number of halogens is 1. The Morgan fingerprint density at radius 3 is 1.63 bits per heavy atom. The van der Waals surface area contributed by atoms with Crippen molar-refractivity contribution in [3.63, 3.8) is 0 Å². The van der Waals surface area contributed by atoms with Gasteiger partial charge in [0.2, 0.25) is 5.76 Å². The summed E-state index contributed by atoms with van der Waals surface area (Å²) in [5, 5.41) is 0. The standard InChI is InChI=1S/C25H21IO3S/c1-17-3-9-20(10-4-17)30(21-11-5-18(2)6-12-21)22-13-7-19(8-14-22)28-25(27)23-15-16-24(26)29-23/h3-16,30H,1-2H3. The highest BCUT2D eigenvalue weighted by Gasteiger charge is 2.15. The van der Waals surface area contributed by atoms with Gasteiger partial charge in [-0.3, -0.25) is 0 Å². The molecule has 0 aliphatic heterocycles. The predicted octanol–water partition coefficient (Wildman–Crippen LogP) is 7.20. The van der Waals surface area contributed by atoms with Crippen LogP contribution in [0.25, 0.3) is 0 Å². The Balaban J connectivity index is 1.63. The minimum atomic E-state index is -0.704. The van der Waals surface area contributed by atoms with Gasteiger partial charge in [0.1, 0.15) is 5.75 Å². The van der Waals surface area contributed by atoms with E-state index in [1.54, 1.807) is 12.1 Å². The molecule has 1 aromatic heterocycles. The Hall–Kier alpha value is -2.51. The summed E-state index contributed by atoms with van der Waals surface area (Å²) in [7, 11) is -0.704. The van der Waals surface area contributed by atoms with E-state index in [1.807, 2.05) is 46.9 Å². The number of hydrogen-bond donors (Lipinski definition) is 1. The van der Waals surface area contributed by atoms with E-state index in [4.69, 9.17) is 9.15 Å². The number of esters is 1. The summed E-state index contributed by atoms with van der Waals surface area (Å²) >= 11 is 2.02. The molecule has 0 fully saturated rings. The average molecular weight is 528 g/mol. The van der Waals surface area contributed by atoms with Crippen molar-refractivity contribution in [1.82, 2.24) is 0 Å². The van der Waals surface area contributed by atoms with Crippen LogP contribution in [-0.2, 0) is 0 Å². The number of thiol groups is 1. The average Bonchev–Trinajstić information content (AvgIpc) is 3.19. The number of ether oxygens (including phenoxy) is 1. The van der Waals surface area contributed by atoms with E-state index in [9.17, 15) is 4.79 Å². The molecule has 1 heterocycles. The number of hydrogen-bond acceptors (Lipinski definition) is 3. The van der Waals surface area contributed by atoms with Crippen LogP contribution in [-0.4, -0.2) is 5.97 Å². The van der Waals surface area contributed by atoms with Gasteiger partial charge in [0, 0.05) is 0 Å². The van der Waals surface area contributed by atoms with Crippen molar-refractivity contribution in [1.29, 1.82) is 0 Å². The SMILES string of the molecule is Cc1ccc([SH](c2ccc(C)cc2)c2ccc(OC(=O)c3ccc(I)o3)cc2)cc1. The van der Waals surface area contributed by atoms with Crippen LogP contribution in [0.3, 0.4) is 0 Å². The molecule has 0 amide bonds. The smallest absolute Gasteiger partial charge is 0.379 e. The number of carbonyl (C=O) groups is 1. The van der Waals surface area contributed by atoms with Gasteiger partial charge in [-0.25, -0.2) is 4.79 Å². The molecule has 0 N–H and O–H groups in total. The van der Waals surface area contributed by atoms with Crippen LogP contribution in [0.4, 0.5) is 0 Å². The number of rotatable bonds is 5. The number of carbonyl (C=O) groups excluding carboxylic acids is 1. The van der Waals surface area contributed by atoms with Gasteiger partial charge < -0.3 is 9.15 Å². The Labute approximate surface area is 192 Å². The van der Waals surface area contributed by atoms with Crippen molar-refractivity contribution < 1.29 is 13.9 Å². The lowest BCUT2D eigenvalue weighted by molar-refractivity contribution is 0.0699. The Morgan fingerprint density at radius 1 is 0.733 bits per heavy atom. The van der Waals surface area contributed by atoms with Gasteiger partial charge in [0.25, 0.3) is 0 Å². The largest absolute Gasteiger partial charge is 0.443 e. The van der Waals surface area contributed by atoms with Crippen LogP contribution in [0.1, 0.15) is 21.7 Å². The molecule has 3 aromatic carbocycles. The third-order valence-corrected chi connectivity index (χ3v) is 7.69. The molecule has 0 atom stereocenters.